The van der Waals surface area contributed by atoms with Crippen molar-refractivity contribution in [3.05, 3.63) is 18.6 Å². The Morgan fingerprint density at radius 2 is 1.92 bits per heavy atom. The van der Waals surface area contributed by atoms with E-state index in [0.29, 0.717) is 0 Å². The molecule has 0 fully saturated rings. The molecule has 0 amide bonds. The van der Waals surface area contributed by atoms with Gasteiger partial charge in [0.2, 0.25) is 0 Å². The van der Waals surface area contributed by atoms with Crippen molar-refractivity contribution in [3.8, 4) is 0 Å². The predicted octanol–water partition coefficient (Wildman–Crippen LogP) is 1.38. The van der Waals surface area contributed by atoms with Crippen molar-refractivity contribution >= 4 is 0 Å². The van der Waals surface area contributed by atoms with E-state index in [9.17, 15) is 0 Å². The van der Waals surface area contributed by atoms with Crippen LogP contribution in [0.15, 0.2) is 12.2 Å². The van der Waals surface area contributed by atoms with Gasteiger partial charge in [0.1, 0.15) is 0 Å². The maximum absolute atomic E-state index is 4.06. The molecule has 0 N–H and O–H groups in total. The van der Waals surface area contributed by atoms with Gasteiger partial charge in [0.25, 0.3) is 0 Å². The average Bonchev–Trinajstić information content (AvgIpc) is 2.11. The van der Waals surface area contributed by atoms with Crippen LogP contribution in [0, 0.1) is 12.3 Å². The molecule has 1 atom stereocenters. The molecule has 0 saturated carbocycles. The minimum Gasteiger partial charge on any atom is -0.328 e. The molecule has 0 rings (SSSR count). The molecule has 1 unspecified atom stereocenters. The van der Waals surface area contributed by atoms with Crippen molar-refractivity contribution in [3.63, 3.8) is 0 Å². The van der Waals surface area contributed by atoms with Crippen LogP contribution in [0.5, 0.6) is 0 Å². The Kier molecular flexibility index (Phi) is 15.2. The normalized spacial score (nSPS) is 11.9. The van der Waals surface area contributed by atoms with E-state index in [1.165, 1.54) is 31.3 Å². The summed E-state index contributed by atoms with van der Waals surface area (Å²) in [4.78, 5) is 0. The van der Waals surface area contributed by atoms with E-state index in [1.807, 2.05) is 0 Å². The average molecular weight is 253 g/mol. The van der Waals surface area contributed by atoms with E-state index in [1.54, 1.807) is 0 Å². The van der Waals surface area contributed by atoms with Gasteiger partial charge in [0.15, 0.2) is 0 Å². The summed E-state index contributed by atoms with van der Waals surface area (Å²) in [5.74, 6) is 0.845. The molecule has 0 spiro atoms. The van der Waals surface area contributed by atoms with Crippen molar-refractivity contribution in [2.75, 3.05) is 0 Å². The fourth-order valence-electron chi connectivity index (χ4n) is 1.35. The molecule has 0 nitrogen and oxygen atoms in total. The van der Waals surface area contributed by atoms with Crippen molar-refractivity contribution in [2.24, 2.45) is 5.92 Å². The van der Waals surface area contributed by atoms with Crippen LogP contribution in [0.4, 0.5) is 0 Å². The Balaban J connectivity index is 0. The largest absolute Gasteiger partial charge is 1.00 e. The van der Waals surface area contributed by atoms with Gasteiger partial charge in [0.05, 0.1) is 0 Å². The van der Waals surface area contributed by atoms with Gasteiger partial charge in [0, 0.05) is 0 Å². The van der Waals surface area contributed by atoms with Gasteiger partial charge in [-0.25, -0.2) is 0 Å². The van der Waals surface area contributed by atoms with Crippen LogP contribution in [-0.2, 0) is 0 Å². The second-order valence-corrected chi connectivity index (χ2v) is 3.51. The number of hydrogen-bond acceptors (Lipinski definition) is 0. The summed E-state index contributed by atoms with van der Waals surface area (Å²) in [5, 5.41) is 0. The van der Waals surface area contributed by atoms with Gasteiger partial charge in [-0.2, -0.15) is 12.8 Å². The zero-order valence-corrected chi connectivity index (χ0v) is 14.8. The van der Waals surface area contributed by atoms with Crippen molar-refractivity contribution in [1.29, 1.82) is 0 Å². The smallest absolute Gasteiger partial charge is 0.328 e. The third-order valence-corrected chi connectivity index (χ3v) is 2.44. The van der Waals surface area contributed by atoms with Crippen molar-refractivity contribution in [2.45, 2.75) is 52.9 Å². The Bertz CT molecular complexity index is 118. The molecule has 72 valence electrons. The molecule has 1 heteroatoms. The van der Waals surface area contributed by atoms with Crippen LogP contribution in [0.2, 0.25) is 0 Å². The maximum Gasteiger partial charge on any atom is 1.00 e. The van der Waals surface area contributed by atoms with Gasteiger partial charge in [-0.1, -0.05) is 45.3 Å². The molecule has 0 aliphatic rings. The second-order valence-electron chi connectivity index (χ2n) is 3.51. The molecule has 0 heterocycles. The van der Waals surface area contributed by atoms with Crippen molar-refractivity contribution < 1.29 is 58.2 Å². The van der Waals surface area contributed by atoms with Gasteiger partial charge in [-0.15, -0.1) is 0 Å². The third kappa shape index (κ3) is 9.84. The second kappa shape index (κ2) is 11.6. The van der Waals surface area contributed by atoms with Crippen LogP contribution in [-0.4, -0.2) is 0 Å². The van der Waals surface area contributed by atoms with E-state index in [4.69, 9.17) is 0 Å². The Hall–Kier alpha value is 1.55. The number of rotatable bonds is 7. The first-order valence-electron chi connectivity index (χ1n) is 5.22. The fourth-order valence-corrected chi connectivity index (χ4v) is 1.35. The molecular weight excluding hydrogens is 230 g/mol. The number of allylic oxidation sites excluding steroid dienone is 1. The molecule has 0 aromatic carbocycles. The summed E-state index contributed by atoms with van der Waals surface area (Å²) in [5.41, 5.74) is 1.41. The minimum atomic E-state index is 0. The van der Waals surface area contributed by atoms with Crippen LogP contribution in [0.25, 0.3) is 0 Å². The molecular formula is C12H23Rb. The van der Waals surface area contributed by atoms with Crippen LogP contribution < -0.4 is 58.2 Å². The van der Waals surface area contributed by atoms with Gasteiger partial charge < -0.3 is 6.42 Å². The summed E-state index contributed by atoms with van der Waals surface area (Å²) in [6.07, 6.45) is 8.51. The zero-order chi connectivity index (χ0) is 9.40. The molecule has 0 radical (unpaired) electrons. The van der Waals surface area contributed by atoms with E-state index in [2.05, 4.69) is 33.8 Å². The van der Waals surface area contributed by atoms with E-state index in [0.717, 1.165) is 12.3 Å². The summed E-state index contributed by atoms with van der Waals surface area (Å²) in [6, 6.07) is 0. The molecule has 0 aromatic heterocycles. The van der Waals surface area contributed by atoms with Crippen molar-refractivity contribution in [1.82, 2.24) is 0 Å². The topological polar surface area (TPSA) is 0 Å². The number of unbranched alkanes of at least 4 members (excludes halogenated alkanes) is 1. The van der Waals surface area contributed by atoms with Gasteiger partial charge in [-0.05, 0) is 12.8 Å². The summed E-state index contributed by atoms with van der Waals surface area (Å²) in [7, 11) is 0. The Morgan fingerprint density at radius 3 is 2.31 bits per heavy atom. The summed E-state index contributed by atoms with van der Waals surface area (Å²) in [6.45, 7) is 10.7. The summed E-state index contributed by atoms with van der Waals surface area (Å²) >= 11 is 0. The molecule has 0 aliphatic heterocycles. The predicted molar refractivity (Wildman–Crippen MR) is 57.0 cm³/mol. The molecule has 0 aromatic rings. The van der Waals surface area contributed by atoms with E-state index < -0.39 is 0 Å². The molecule has 13 heavy (non-hydrogen) atoms. The quantitative estimate of drug-likeness (QED) is 0.474. The third-order valence-electron chi connectivity index (χ3n) is 2.44. The zero-order valence-electron chi connectivity index (χ0n) is 9.90. The maximum atomic E-state index is 4.06. The van der Waals surface area contributed by atoms with Crippen LogP contribution in [0.1, 0.15) is 52.9 Å². The van der Waals surface area contributed by atoms with E-state index >= 15 is 0 Å². The molecule has 0 bridgehead atoms. The first-order chi connectivity index (χ1) is 5.74. The monoisotopic (exact) mass is 252 g/mol. The van der Waals surface area contributed by atoms with Gasteiger partial charge in [-0.3, -0.25) is 0 Å². The minimum absolute atomic E-state index is 0. The fraction of sp³-hybridized carbons (Fsp3) is 0.750. The molecule has 0 aliphatic carbocycles. The first-order valence-corrected chi connectivity index (χ1v) is 5.22. The first kappa shape index (κ1) is 17.0. The SMILES string of the molecule is C=C(CC)CC(CC)C[CH-]CC.[Rb+]. The van der Waals surface area contributed by atoms with Crippen LogP contribution in [0.3, 0.4) is 0 Å². The standard InChI is InChI=1S/C12H23.Rb/c1-5-8-9-12(7-3)10-11(4)6-2;/h8,12H,4-7,9-10H2,1-3H3;/q-1;+1. The Labute approximate surface area is 133 Å². The van der Waals surface area contributed by atoms with Gasteiger partial charge >= 0.3 is 58.2 Å². The number of hydrogen-bond donors (Lipinski definition) is 0. The molecule has 0 saturated heterocycles. The Morgan fingerprint density at radius 1 is 1.31 bits per heavy atom. The van der Waals surface area contributed by atoms with E-state index in [-0.39, 0.29) is 58.2 Å². The van der Waals surface area contributed by atoms with Crippen LogP contribution >= 0.6 is 0 Å². The summed E-state index contributed by atoms with van der Waals surface area (Å²) < 4.78 is 0.